The smallest absolute Gasteiger partial charge is 0.247 e. The van der Waals surface area contributed by atoms with Crippen LogP contribution in [0, 0.1) is 9.49 Å². The van der Waals surface area contributed by atoms with Gasteiger partial charge in [0.05, 0.1) is 29.9 Å². The Kier molecular flexibility index (Phi) is 9.76. The van der Waals surface area contributed by atoms with Crippen molar-refractivity contribution in [1.82, 2.24) is 10.2 Å². The van der Waals surface area contributed by atoms with E-state index in [9.17, 15) is 24.9 Å². The van der Waals surface area contributed by atoms with Gasteiger partial charge in [0.25, 0.3) is 0 Å². The Hall–Kier alpha value is -3.07. The van der Waals surface area contributed by atoms with Gasteiger partial charge in [-0.15, -0.1) is 0 Å². The van der Waals surface area contributed by atoms with Gasteiger partial charge in [-0.3, -0.25) is 9.59 Å². The summed E-state index contributed by atoms with van der Waals surface area (Å²) in [4.78, 5) is 28.7. The predicted molar refractivity (Wildman–Crippen MR) is 159 cm³/mol. The van der Waals surface area contributed by atoms with Crippen molar-refractivity contribution in [3.05, 3.63) is 56.7 Å². The van der Waals surface area contributed by atoms with Gasteiger partial charge in [0.2, 0.25) is 18.6 Å². The number of amides is 2. The minimum atomic E-state index is -1.18. The Morgan fingerprint density at radius 2 is 1.90 bits per heavy atom. The first-order valence-corrected chi connectivity index (χ1v) is 15.0. The van der Waals surface area contributed by atoms with Gasteiger partial charge < -0.3 is 44.5 Å². The second-order valence-electron chi connectivity index (χ2n) is 10.6. The molecule has 1 saturated carbocycles. The molecule has 226 valence electrons. The molecule has 42 heavy (non-hydrogen) atoms. The Balaban J connectivity index is 1.50. The number of aliphatic hydroxyl groups excluding tert-OH is 3. The van der Waals surface area contributed by atoms with E-state index in [1.54, 1.807) is 29.2 Å². The highest BCUT2D eigenvalue weighted by atomic mass is 127. The number of rotatable bonds is 11. The fourth-order valence-corrected chi connectivity index (χ4v) is 6.17. The largest absolute Gasteiger partial charge is 0.493 e. The van der Waals surface area contributed by atoms with Crippen molar-refractivity contribution >= 4 is 34.4 Å². The normalized spacial score (nSPS) is 21.3. The fraction of sp³-hybridized carbons (Fsp3) is 0.467. The van der Waals surface area contributed by atoms with E-state index >= 15 is 0 Å². The van der Waals surface area contributed by atoms with Crippen LogP contribution in [0.15, 0.2) is 42.0 Å². The molecule has 2 aromatic rings. The molecule has 5 rings (SSSR count). The lowest BCUT2D eigenvalue weighted by molar-refractivity contribution is -0.146. The number of carbonyl (C=O) groups excluding carboxylic acids is 2. The third kappa shape index (κ3) is 6.46. The zero-order chi connectivity index (χ0) is 29.8. The summed E-state index contributed by atoms with van der Waals surface area (Å²) in [6, 6.07) is 8.09. The molecule has 2 aromatic carbocycles. The van der Waals surface area contributed by atoms with Gasteiger partial charge in [0.1, 0.15) is 12.2 Å². The van der Waals surface area contributed by atoms with Gasteiger partial charge in [-0.05, 0) is 76.9 Å². The molecule has 2 aliphatic carbocycles. The first-order valence-electron chi connectivity index (χ1n) is 13.9. The summed E-state index contributed by atoms with van der Waals surface area (Å²) >= 11 is 2.07. The number of hydrogen-bond acceptors (Lipinski definition) is 9. The molecule has 3 atom stereocenters. The molecule has 11 nitrogen and oxygen atoms in total. The van der Waals surface area contributed by atoms with E-state index < -0.39 is 24.2 Å². The van der Waals surface area contributed by atoms with E-state index in [1.807, 2.05) is 12.1 Å². The van der Waals surface area contributed by atoms with Gasteiger partial charge in [-0.25, -0.2) is 0 Å². The average molecular weight is 695 g/mol. The van der Waals surface area contributed by atoms with Crippen molar-refractivity contribution < 1.29 is 43.9 Å². The van der Waals surface area contributed by atoms with Gasteiger partial charge in [-0.1, -0.05) is 12.5 Å². The third-order valence-corrected chi connectivity index (χ3v) is 8.67. The van der Waals surface area contributed by atoms with Crippen LogP contribution in [-0.4, -0.2) is 77.3 Å². The lowest BCUT2D eigenvalue weighted by atomic mass is 9.82. The van der Waals surface area contributed by atoms with Crippen molar-refractivity contribution in [3.63, 3.8) is 0 Å². The van der Waals surface area contributed by atoms with Gasteiger partial charge in [-0.2, -0.15) is 0 Å². The highest BCUT2D eigenvalue weighted by Gasteiger charge is 2.43. The maximum Gasteiger partial charge on any atom is 0.247 e. The summed E-state index contributed by atoms with van der Waals surface area (Å²) in [6.07, 6.45) is 1.97. The Morgan fingerprint density at radius 3 is 2.60 bits per heavy atom. The lowest BCUT2D eigenvalue weighted by Crippen LogP contribution is -2.56. The second-order valence-corrected chi connectivity index (χ2v) is 11.7. The Labute approximate surface area is 257 Å². The molecule has 0 unspecified atom stereocenters. The summed E-state index contributed by atoms with van der Waals surface area (Å²) in [5, 5.41) is 33.4. The number of fused-ring (bicyclic) bond motifs is 1. The first kappa shape index (κ1) is 30.4. The number of hydrogen-bond donors (Lipinski definition) is 4. The topological polar surface area (TPSA) is 147 Å². The van der Waals surface area contributed by atoms with Crippen LogP contribution in [0.2, 0.25) is 0 Å². The number of nitrogens with one attached hydrogen (secondary N) is 1. The molecule has 0 saturated heterocycles. The van der Waals surface area contributed by atoms with E-state index in [1.165, 1.54) is 7.11 Å². The SMILES string of the molecule is COc1cc(CO)cc(I)c1O[C@H]1C=C(C(=O)NCCO)C[C@@H](N(Cc2ccc3c(c2)OCO3)C(=O)C2CCC2)[C@@H]1O. The first-order chi connectivity index (χ1) is 20.3. The monoisotopic (exact) mass is 694 g/mol. The molecule has 0 radical (unpaired) electrons. The van der Waals surface area contributed by atoms with Crippen LogP contribution >= 0.6 is 22.6 Å². The number of nitrogens with zero attached hydrogens (tertiary/aromatic N) is 1. The zero-order valence-electron chi connectivity index (χ0n) is 23.3. The van der Waals surface area contributed by atoms with Crippen molar-refractivity contribution in [2.24, 2.45) is 5.92 Å². The van der Waals surface area contributed by atoms with Crippen LogP contribution in [0.25, 0.3) is 0 Å². The quantitative estimate of drug-likeness (QED) is 0.260. The number of carbonyl (C=O) groups is 2. The number of aliphatic hydroxyl groups is 3. The van der Waals surface area contributed by atoms with Crippen LogP contribution in [-0.2, 0) is 22.7 Å². The molecule has 2 amide bonds. The van der Waals surface area contributed by atoms with E-state index in [2.05, 4.69) is 27.9 Å². The maximum atomic E-state index is 13.9. The van der Waals surface area contributed by atoms with E-state index in [0.29, 0.717) is 37.7 Å². The van der Waals surface area contributed by atoms with Gasteiger partial charge >= 0.3 is 0 Å². The molecule has 1 aliphatic heterocycles. The van der Waals surface area contributed by atoms with E-state index in [4.69, 9.17) is 18.9 Å². The second kappa shape index (κ2) is 13.5. The molecular weight excluding hydrogens is 659 g/mol. The van der Waals surface area contributed by atoms with Crippen LogP contribution in [0.1, 0.15) is 36.8 Å². The van der Waals surface area contributed by atoms with Crippen molar-refractivity contribution in [2.75, 3.05) is 27.1 Å². The minimum absolute atomic E-state index is 0.0607. The Morgan fingerprint density at radius 1 is 1.12 bits per heavy atom. The van der Waals surface area contributed by atoms with Crippen molar-refractivity contribution in [2.45, 2.75) is 57.1 Å². The van der Waals surface area contributed by atoms with Crippen LogP contribution in [0.3, 0.4) is 0 Å². The van der Waals surface area contributed by atoms with Crippen molar-refractivity contribution in [1.29, 1.82) is 0 Å². The van der Waals surface area contributed by atoms with E-state index in [-0.39, 0.29) is 51.3 Å². The molecule has 0 aromatic heterocycles. The van der Waals surface area contributed by atoms with Crippen LogP contribution in [0.4, 0.5) is 0 Å². The van der Waals surface area contributed by atoms with Gasteiger partial charge in [0.15, 0.2) is 23.0 Å². The summed E-state index contributed by atoms with van der Waals surface area (Å²) in [7, 11) is 1.48. The predicted octanol–water partition coefficient (Wildman–Crippen LogP) is 2.27. The summed E-state index contributed by atoms with van der Waals surface area (Å²) in [5.41, 5.74) is 1.77. The molecule has 12 heteroatoms. The molecular formula is C30H35IN2O9. The lowest BCUT2D eigenvalue weighted by Gasteiger charge is -2.43. The minimum Gasteiger partial charge on any atom is -0.493 e. The molecule has 1 fully saturated rings. The van der Waals surface area contributed by atoms with Crippen LogP contribution < -0.4 is 24.3 Å². The molecule has 1 heterocycles. The van der Waals surface area contributed by atoms with Gasteiger partial charge in [0, 0.05) is 31.0 Å². The van der Waals surface area contributed by atoms with Crippen LogP contribution in [0.5, 0.6) is 23.0 Å². The summed E-state index contributed by atoms with van der Waals surface area (Å²) in [5.74, 6) is 1.27. The number of methoxy groups -OCH3 is 1. The third-order valence-electron chi connectivity index (χ3n) is 7.87. The molecule has 4 N–H and O–H groups in total. The Bertz CT molecular complexity index is 1350. The average Bonchev–Trinajstić information content (AvgIpc) is 3.43. The fourth-order valence-electron chi connectivity index (χ4n) is 5.38. The standard InChI is InChI=1S/C30H35IN2O9/c1-39-26-11-18(15-35)9-21(31)28(26)42-25-13-20(29(37)32-7-8-34)12-22(27(25)36)33(30(38)19-3-2-4-19)14-17-5-6-23-24(10-17)41-16-40-23/h5-6,9-11,13,19,22,25,27,34-36H,2-4,7-8,12,14-16H2,1H3,(H,32,37)/t22-,25+,27+/m1/s1. The maximum absolute atomic E-state index is 13.9. The highest BCUT2D eigenvalue weighted by Crippen LogP contribution is 2.39. The molecule has 0 spiro atoms. The number of ether oxygens (including phenoxy) is 4. The zero-order valence-corrected chi connectivity index (χ0v) is 25.4. The highest BCUT2D eigenvalue weighted by molar-refractivity contribution is 14.1. The summed E-state index contributed by atoms with van der Waals surface area (Å²) < 4.78 is 23.5. The van der Waals surface area contributed by atoms with E-state index in [0.717, 1.165) is 24.8 Å². The molecule has 3 aliphatic rings. The number of halogens is 1. The molecule has 0 bridgehead atoms. The summed E-state index contributed by atoms with van der Waals surface area (Å²) in [6.45, 7) is -0.0341. The van der Waals surface area contributed by atoms with Crippen molar-refractivity contribution in [3.8, 4) is 23.0 Å². The number of benzene rings is 2.